The van der Waals surface area contributed by atoms with Crippen molar-refractivity contribution in [3.63, 3.8) is 0 Å². The van der Waals surface area contributed by atoms with Gasteiger partial charge in [0.15, 0.2) is 6.10 Å². The van der Waals surface area contributed by atoms with E-state index in [4.69, 9.17) is 9.47 Å². The minimum absolute atomic E-state index is 0.0584. The van der Waals surface area contributed by atoms with Crippen LogP contribution < -0.4 is 0 Å². The Bertz CT molecular complexity index is 1100. The van der Waals surface area contributed by atoms with E-state index in [0.717, 1.165) is 16.7 Å². The molecule has 2 aromatic carbocycles. The summed E-state index contributed by atoms with van der Waals surface area (Å²) in [6.45, 7) is 4.86. The van der Waals surface area contributed by atoms with Crippen LogP contribution in [0.4, 0.5) is 0 Å². The molecule has 0 fully saturated rings. The van der Waals surface area contributed by atoms with Gasteiger partial charge in [0.25, 0.3) is 0 Å². The maximum Gasteiger partial charge on any atom is 0.339 e. The number of ether oxygens (including phenoxy) is 2. The number of ketones is 1. The van der Waals surface area contributed by atoms with E-state index in [2.05, 4.69) is 4.98 Å². The topological polar surface area (TPSA) is 85.5 Å². The predicted molar refractivity (Wildman–Crippen MR) is 117 cm³/mol. The average molecular weight is 419 g/mol. The van der Waals surface area contributed by atoms with Crippen molar-refractivity contribution in [3.8, 4) is 11.1 Å². The molecule has 0 saturated carbocycles. The number of hydrogen-bond acceptors (Lipinski definition) is 5. The van der Waals surface area contributed by atoms with Gasteiger partial charge in [-0.15, -0.1) is 0 Å². The van der Waals surface area contributed by atoms with Gasteiger partial charge in [0.2, 0.25) is 5.78 Å². The van der Waals surface area contributed by atoms with Crippen LogP contribution in [0.2, 0.25) is 0 Å². The lowest BCUT2D eigenvalue weighted by Crippen LogP contribution is -2.26. The van der Waals surface area contributed by atoms with Gasteiger partial charge in [-0.2, -0.15) is 0 Å². The van der Waals surface area contributed by atoms with Crippen LogP contribution in [0.25, 0.3) is 11.1 Å². The van der Waals surface area contributed by atoms with Crippen LogP contribution in [-0.2, 0) is 20.7 Å². The van der Waals surface area contributed by atoms with E-state index in [9.17, 15) is 14.4 Å². The van der Waals surface area contributed by atoms with Crippen molar-refractivity contribution in [2.75, 3.05) is 7.11 Å². The number of aromatic amines is 1. The first-order valence-corrected chi connectivity index (χ1v) is 9.97. The zero-order chi connectivity index (χ0) is 22.5. The summed E-state index contributed by atoms with van der Waals surface area (Å²) >= 11 is 0. The van der Waals surface area contributed by atoms with Crippen LogP contribution in [-0.4, -0.2) is 35.9 Å². The fraction of sp³-hybridized carbons (Fsp3) is 0.240. The second kappa shape index (κ2) is 9.43. The maximum absolute atomic E-state index is 12.8. The molecule has 1 heterocycles. The number of carbonyl (C=O) groups is 3. The third-order valence-corrected chi connectivity index (χ3v) is 5.16. The minimum atomic E-state index is -0.988. The standard InChI is InChI=1S/C25H25NO5/c1-15-22(25(29)30-4)16(2)26-23(15)24(28)17(3)31-21(27)14-18-10-12-20(13-11-18)19-8-6-5-7-9-19/h5-13,17,26H,14H2,1-4H3/t17-/m0/s1. The summed E-state index contributed by atoms with van der Waals surface area (Å²) in [6, 6.07) is 17.6. The Kier molecular flexibility index (Phi) is 6.70. The largest absolute Gasteiger partial charge is 0.465 e. The number of rotatable bonds is 7. The van der Waals surface area contributed by atoms with Crippen molar-refractivity contribution in [1.29, 1.82) is 0 Å². The van der Waals surface area contributed by atoms with Crippen LogP contribution in [0.5, 0.6) is 0 Å². The molecule has 0 spiro atoms. The summed E-state index contributed by atoms with van der Waals surface area (Å²) in [4.78, 5) is 40.0. The van der Waals surface area contributed by atoms with Gasteiger partial charge < -0.3 is 14.5 Å². The normalized spacial score (nSPS) is 11.6. The smallest absolute Gasteiger partial charge is 0.339 e. The zero-order valence-electron chi connectivity index (χ0n) is 18.0. The van der Waals surface area contributed by atoms with Crippen LogP contribution in [0.3, 0.4) is 0 Å². The van der Waals surface area contributed by atoms with E-state index in [-0.39, 0.29) is 12.1 Å². The first-order chi connectivity index (χ1) is 14.8. The predicted octanol–water partition coefficient (Wildman–Crippen LogP) is 4.44. The maximum atomic E-state index is 12.8. The molecule has 0 radical (unpaired) electrons. The molecule has 0 amide bonds. The summed E-state index contributed by atoms with van der Waals surface area (Å²) in [5, 5.41) is 0. The molecule has 0 saturated heterocycles. The van der Waals surface area contributed by atoms with E-state index < -0.39 is 23.8 Å². The lowest BCUT2D eigenvalue weighted by atomic mass is 10.0. The third kappa shape index (κ3) is 4.91. The Morgan fingerprint density at radius 2 is 1.55 bits per heavy atom. The van der Waals surface area contributed by atoms with Crippen LogP contribution in [0.15, 0.2) is 54.6 Å². The molecule has 0 unspecified atom stereocenters. The molecule has 1 N–H and O–H groups in total. The number of benzene rings is 2. The van der Waals surface area contributed by atoms with Crippen molar-refractivity contribution in [3.05, 3.63) is 82.7 Å². The average Bonchev–Trinajstić information content (AvgIpc) is 3.07. The molecule has 1 atom stereocenters. The van der Waals surface area contributed by atoms with Gasteiger partial charge in [0.1, 0.15) is 0 Å². The molecule has 0 aliphatic heterocycles. The molecular weight excluding hydrogens is 394 g/mol. The Morgan fingerprint density at radius 1 is 0.935 bits per heavy atom. The van der Waals surface area contributed by atoms with Crippen LogP contribution in [0, 0.1) is 13.8 Å². The fourth-order valence-electron chi connectivity index (χ4n) is 3.51. The summed E-state index contributed by atoms with van der Waals surface area (Å²) in [5.74, 6) is -1.42. The lowest BCUT2D eigenvalue weighted by Gasteiger charge is -2.12. The molecule has 0 aliphatic rings. The number of H-pyrrole nitrogens is 1. The number of aryl methyl sites for hydroxylation is 1. The first kappa shape index (κ1) is 22.0. The molecule has 1 aromatic heterocycles. The monoisotopic (exact) mass is 419 g/mol. The van der Waals surface area contributed by atoms with Gasteiger partial charge in [-0.3, -0.25) is 9.59 Å². The molecule has 31 heavy (non-hydrogen) atoms. The highest BCUT2D eigenvalue weighted by molar-refractivity contribution is 6.04. The molecule has 6 nitrogen and oxygen atoms in total. The van der Waals surface area contributed by atoms with Crippen LogP contribution in [0.1, 0.15) is 44.6 Å². The molecular formula is C25H25NO5. The molecule has 0 bridgehead atoms. The highest BCUT2D eigenvalue weighted by atomic mass is 16.5. The van der Waals surface area contributed by atoms with E-state index in [0.29, 0.717) is 16.8 Å². The quantitative estimate of drug-likeness (QED) is 0.452. The van der Waals surface area contributed by atoms with Gasteiger partial charge in [-0.05, 0) is 43.0 Å². The fourth-order valence-corrected chi connectivity index (χ4v) is 3.51. The van der Waals surface area contributed by atoms with Gasteiger partial charge in [-0.1, -0.05) is 54.6 Å². The van der Waals surface area contributed by atoms with Gasteiger partial charge in [0.05, 0.1) is 24.8 Å². The van der Waals surface area contributed by atoms with E-state index in [1.165, 1.54) is 14.0 Å². The number of nitrogens with one attached hydrogen (secondary N) is 1. The zero-order valence-corrected chi connectivity index (χ0v) is 18.0. The first-order valence-electron chi connectivity index (χ1n) is 9.97. The second-order valence-electron chi connectivity index (χ2n) is 7.35. The summed E-state index contributed by atoms with van der Waals surface area (Å²) < 4.78 is 10.1. The van der Waals surface area contributed by atoms with Crippen molar-refractivity contribution < 1.29 is 23.9 Å². The third-order valence-electron chi connectivity index (χ3n) is 5.16. The molecule has 0 aliphatic carbocycles. The van der Waals surface area contributed by atoms with Crippen molar-refractivity contribution in [2.45, 2.75) is 33.3 Å². The summed E-state index contributed by atoms with van der Waals surface area (Å²) in [5.41, 5.74) is 4.52. The Hall–Kier alpha value is -3.67. The van der Waals surface area contributed by atoms with Gasteiger partial charge in [-0.25, -0.2) is 4.79 Å². The highest BCUT2D eigenvalue weighted by Gasteiger charge is 2.27. The van der Waals surface area contributed by atoms with Crippen LogP contribution >= 0.6 is 0 Å². The van der Waals surface area contributed by atoms with Crippen molar-refractivity contribution in [2.24, 2.45) is 0 Å². The minimum Gasteiger partial charge on any atom is -0.465 e. The summed E-state index contributed by atoms with van der Waals surface area (Å²) in [6.07, 6.45) is -0.929. The number of Topliss-reactive ketones (excluding diaryl/α,β-unsaturated/α-hetero) is 1. The Morgan fingerprint density at radius 3 is 2.16 bits per heavy atom. The molecule has 6 heteroatoms. The number of esters is 2. The van der Waals surface area contributed by atoms with Crippen molar-refractivity contribution >= 4 is 17.7 Å². The Balaban J connectivity index is 1.64. The Labute approximate surface area is 181 Å². The second-order valence-corrected chi connectivity index (χ2v) is 7.35. The summed E-state index contributed by atoms with van der Waals surface area (Å²) in [7, 11) is 1.28. The number of hydrogen-bond donors (Lipinski definition) is 1. The van der Waals surface area contributed by atoms with E-state index in [1.54, 1.807) is 13.8 Å². The SMILES string of the molecule is COC(=O)c1c(C)[nH]c(C(=O)[C@H](C)OC(=O)Cc2ccc(-c3ccccc3)cc2)c1C. The van der Waals surface area contributed by atoms with Gasteiger partial charge in [0, 0.05) is 5.69 Å². The van der Waals surface area contributed by atoms with Crippen molar-refractivity contribution in [1.82, 2.24) is 4.98 Å². The molecule has 3 aromatic rings. The van der Waals surface area contributed by atoms with Gasteiger partial charge >= 0.3 is 11.9 Å². The molecule has 3 rings (SSSR count). The highest BCUT2D eigenvalue weighted by Crippen LogP contribution is 2.22. The number of methoxy groups -OCH3 is 1. The number of carbonyl (C=O) groups excluding carboxylic acids is 3. The molecule has 160 valence electrons. The number of aromatic nitrogens is 1. The van der Waals surface area contributed by atoms with E-state index in [1.807, 2.05) is 54.6 Å². The van der Waals surface area contributed by atoms with E-state index >= 15 is 0 Å². The lowest BCUT2D eigenvalue weighted by molar-refractivity contribution is -0.145.